The molecule has 86 valence electrons. The molecule has 1 saturated heterocycles. The van der Waals surface area contributed by atoms with Crippen LogP contribution in [0.1, 0.15) is 13.3 Å². The van der Waals surface area contributed by atoms with Gasteiger partial charge < -0.3 is 10.8 Å². The summed E-state index contributed by atoms with van der Waals surface area (Å²) in [5.41, 5.74) is 4.85. The van der Waals surface area contributed by atoms with Crippen molar-refractivity contribution < 1.29 is 14.7 Å². The number of aliphatic hydroxyl groups is 1. The first-order chi connectivity index (χ1) is 7.04. The van der Waals surface area contributed by atoms with Crippen LogP contribution in [-0.2, 0) is 4.79 Å². The SMILES string of the molecule is CC(C(=O)NC(N)=O)N1CCC(CO)C1. The van der Waals surface area contributed by atoms with Crippen molar-refractivity contribution in [1.82, 2.24) is 10.2 Å². The lowest BCUT2D eigenvalue weighted by molar-refractivity contribution is -0.124. The van der Waals surface area contributed by atoms with Crippen LogP contribution >= 0.6 is 0 Å². The minimum atomic E-state index is -0.829. The van der Waals surface area contributed by atoms with Gasteiger partial charge in [0.1, 0.15) is 0 Å². The van der Waals surface area contributed by atoms with Crippen LogP contribution in [-0.4, -0.2) is 47.7 Å². The fourth-order valence-electron chi connectivity index (χ4n) is 1.76. The fourth-order valence-corrected chi connectivity index (χ4v) is 1.76. The first-order valence-electron chi connectivity index (χ1n) is 4.99. The number of imide groups is 1. The molecule has 0 spiro atoms. The van der Waals surface area contributed by atoms with Crippen LogP contribution in [0.5, 0.6) is 0 Å². The third-order valence-corrected chi connectivity index (χ3v) is 2.75. The number of rotatable bonds is 3. The molecule has 1 aliphatic rings. The van der Waals surface area contributed by atoms with Gasteiger partial charge >= 0.3 is 6.03 Å². The van der Waals surface area contributed by atoms with Crippen molar-refractivity contribution in [2.75, 3.05) is 19.7 Å². The van der Waals surface area contributed by atoms with Gasteiger partial charge in [-0.3, -0.25) is 15.0 Å². The van der Waals surface area contributed by atoms with Gasteiger partial charge in [-0.15, -0.1) is 0 Å². The molecule has 1 heterocycles. The zero-order chi connectivity index (χ0) is 11.4. The Morgan fingerprint density at radius 2 is 2.33 bits per heavy atom. The number of nitrogens with zero attached hydrogens (tertiary/aromatic N) is 1. The lowest BCUT2D eigenvalue weighted by Gasteiger charge is -2.22. The number of carbonyl (C=O) groups is 2. The van der Waals surface area contributed by atoms with E-state index in [4.69, 9.17) is 10.8 Å². The average Bonchev–Trinajstić information content (AvgIpc) is 2.63. The highest BCUT2D eigenvalue weighted by molar-refractivity contribution is 5.96. The smallest absolute Gasteiger partial charge is 0.318 e. The number of likely N-dealkylation sites (tertiary alicyclic amines) is 1. The van der Waals surface area contributed by atoms with E-state index in [2.05, 4.69) is 0 Å². The number of amides is 3. The molecular weight excluding hydrogens is 198 g/mol. The number of carbonyl (C=O) groups excluding carboxylic acids is 2. The minimum Gasteiger partial charge on any atom is -0.396 e. The maximum Gasteiger partial charge on any atom is 0.318 e. The Labute approximate surface area is 88.4 Å². The molecule has 6 nitrogen and oxygen atoms in total. The predicted molar refractivity (Wildman–Crippen MR) is 54.0 cm³/mol. The molecule has 6 heteroatoms. The summed E-state index contributed by atoms with van der Waals surface area (Å²) in [6, 6.07) is -1.21. The summed E-state index contributed by atoms with van der Waals surface area (Å²) in [7, 11) is 0. The van der Waals surface area contributed by atoms with E-state index in [9.17, 15) is 9.59 Å². The number of hydrogen-bond acceptors (Lipinski definition) is 4. The minimum absolute atomic E-state index is 0.140. The van der Waals surface area contributed by atoms with Crippen LogP contribution in [0.25, 0.3) is 0 Å². The van der Waals surface area contributed by atoms with E-state index in [-0.39, 0.29) is 24.5 Å². The van der Waals surface area contributed by atoms with Gasteiger partial charge in [0.2, 0.25) is 5.91 Å². The molecule has 15 heavy (non-hydrogen) atoms. The first kappa shape index (κ1) is 11.9. The van der Waals surface area contributed by atoms with Crippen molar-refractivity contribution in [3.63, 3.8) is 0 Å². The van der Waals surface area contributed by atoms with E-state index in [1.165, 1.54) is 0 Å². The highest BCUT2D eigenvalue weighted by atomic mass is 16.3. The molecule has 0 radical (unpaired) electrons. The van der Waals surface area contributed by atoms with Crippen molar-refractivity contribution in [1.29, 1.82) is 0 Å². The second-order valence-electron chi connectivity index (χ2n) is 3.86. The number of hydrogen-bond donors (Lipinski definition) is 3. The lowest BCUT2D eigenvalue weighted by atomic mass is 10.1. The number of primary amides is 1. The van der Waals surface area contributed by atoms with Crippen molar-refractivity contribution in [2.24, 2.45) is 11.7 Å². The zero-order valence-corrected chi connectivity index (χ0v) is 8.77. The van der Waals surface area contributed by atoms with Crippen LogP contribution in [0, 0.1) is 5.92 Å². The number of nitrogens with one attached hydrogen (secondary N) is 1. The van der Waals surface area contributed by atoms with Crippen LogP contribution in [0.4, 0.5) is 4.79 Å². The molecule has 0 aromatic heterocycles. The maximum atomic E-state index is 11.4. The van der Waals surface area contributed by atoms with Gasteiger partial charge in [-0.2, -0.15) is 0 Å². The standard InChI is InChI=1S/C9H17N3O3/c1-6(8(14)11-9(10)15)12-3-2-7(4-12)5-13/h6-7,13H,2-5H2,1H3,(H3,10,11,14,15). The van der Waals surface area contributed by atoms with E-state index >= 15 is 0 Å². The third-order valence-electron chi connectivity index (χ3n) is 2.75. The monoisotopic (exact) mass is 215 g/mol. The molecule has 1 rings (SSSR count). The van der Waals surface area contributed by atoms with Crippen molar-refractivity contribution in [3.8, 4) is 0 Å². The molecule has 0 saturated carbocycles. The molecule has 2 unspecified atom stereocenters. The quantitative estimate of drug-likeness (QED) is 0.556. The Morgan fingerprint density at radius 1 is 1.67 bits per heavy atom. The molecule has 0 aliphatic carbocycles. The van der Waals surface area contributed by atoms with Crippen LogP contribution in [0.2, 0.25) is 0 Å². The van der Waals surface area contributed by atoms with E-state index in [0.717, 1.165) is 13.0 Å². The summed E-state index contributed by atoms with van der Waals surface area (Å²) in [6.45, 7) is 3.31. The van der Waals surface area contributed by atoms with Gasteiger partial charge in [0, 0.05) is 13.2 Å². The molecule has 2 atom stereocenters. The van der Waals surface area contributed by atoms with E-state index in [0.29, 0.717) is 6.54 Å². The van der Waals surface area contributed by atoms with Gasteiger partial charge in [0.05, 0.1) is 6.04 Å². The number of nitrogens with two attached hydrogens (primary N) is 1. The Kier molecular flexibility index (Phi) is 4.05. The van der Waals surface area contributed by atoms with Gasteiger partial charge in [-0.25, -0.2) is 4.79 Å². The Morgan fingerprint density at radius 3 is 2.80 bits per heavy atom. The molecule has 1 fully saturated rings. The van der Waals surface area contributed by atoms with Crippen molar-refractivity contribution in [2.45, 2.75) is 19.4 Å². The molecule has 0 aromatic carbocycles. The second-order valence-corrected chi connectivity index (χ2v) is 3.86. The summed E-state index contributed by atoms with van der Waals surface area (Å²) in [6.07, 6.45) is 0.880. The summed E-state index contributed by atoms with van der Waals surface area (Å²) in [4.78, 5) is 23.8. The normalized spacial score (nSPS) is 23.7. The maximum absolute atomic E-state index is 11.4. The van der Waals surface area contributed by atoms with E-state index in [1.807, 2.05) is 10.2 Å². The summed E-state index contributed by atoms with van der Waals surface area (Å²) >= 11 is 0. The molecule has 4 N–H and O–H groups in total. The van der Waals surface area contributed by atoms with Crippen molar-refractivity contribution >= 4 is 11.9 Å². The third kappa shape index (κ3) is 3.17. The van der Waals surface area contributed by atoms with Crippen molar-refractivity contribution in [3.05, 3.63) is 0 Å². The summed E-state index contributed by atoms with van der Waals surface area (Å²) < 4.78 is 0. The Balaban J connectivity index is 2.43. The highest BCUT2D eigenvalue weighted by Gasteiger charge is 2.29. The molecule has 0 aromatic rings. The predicted octanol–water partition coefficient (Wildman–Crippen LogP) is -1.12. The Hall–Kier alpha value is -1.14. The fraction of sp³-hybridized carbons (Fsp3) is 0.778. The largest absolute Gasteiger partial charge is 0.396 e. The second kappa shape index (κ2) is 5.09. The molecule has 3 amide bonds. The number of aliphatic hydroxyl groups excluding tert-OH is 1. The Bertz CT molecular complexity index is 257. The van der Waals surface area contributed by atoms with Gasteiger partial charge in [0.25, 0.3) is 0 Å². The zero-order valence-electron chi connectivity index (χ0n) is 8.77. The lowest BCUT2D eigenvalue weighted by Crippen LogP contribution is -2.47. The van der Waals surface area contributed by atoms with E-state index in [1.54, 1.807) is 6.92 Å². The highest BCUT2D eigenvalue weighted by Crippen LogP contribution is 2.17. The average molecular weight is 215 g/mol. The molecule has 1 aliphatic heterocycles. The van der Waals surface area contributed by atoms with Crippen LogP contribution in [0.15, 0.2) is 0 Å². The summed E-state index contributed by atoms with van der Waals surface area (Å²) in [5, 5.41) is 11.0. The first-order valence-corrected chi connectivity index (χ1v) is 4.99. The van der Waals surface area contributed by atoms with Crippen LogP contribution < -0.4 is 11.1 Å². The summed E-state index contributed by atoms with van der Waals surface area (Å²) in [5.74, 6) is -0.157. The molecular formula is C9H17N3O3. The van der Waals surface area contributed by atoms with Gasteiger partial charge in [-0.1, -0.05) is 0 Å². The topological polar surface area (TPSA) is 95.7 Å². The van der Waals surface area contributed by atoms with Crippen LogP contribution in [0.3, 0.4) is 0 Å². The van der Waals surface area contributed by atoms with Gasteiger partial charge in [0.15, 0.2) is 0 Å². The number of urea groups is 1. The van der Waals surface area contributed by atoms with Gasteiger partial charge in [-0.05, 0) is 25.8 Å². The van der Waals surface area contributed by atoms with E-state index < -0.39 is 6.03 Å². The molecule has 0 bridgehead atoms.